The van der Waals surface area contributed by atoms with Crippen molar-refractivity contribution < 1.29 is 9.53 Å². The van der Waals surface area contributed by atoms with E-state index < -0.39 is 0 Å². The van der Waals surface area contributed by atoms with Gasteiger partial charge in [0.2, 0.25) is 0 Å². The largest absolute Gasteiger partial charge is 0.497 e. The fraction of sp³-hybridized carbons (Fsp3) is 0.286. The SMILES string of the molecule is CNC(C)c1csc(NC(=O)Nc2cccc(OC)c2)n1. The molecule has 2 rings (SSSR count). The molecule has 0 saturated carbocycles. The lowest BCUT2D eigenvalue weighted by atomic mass is 10.3. The van der Waals surface area contributed by atoms with Crippen molar-refractivity contribution in [3.63, 3.8) is 0 Å². The summed E-state index contributed by atoms with van der Waals surface area (Å²) in [7, 11) is 3.45. The first kappa shape index (κ1) is 15.3. The number of thiazole rings is 1. The molecule has 0 aliphatic carbocycles. The lowest BCUT2D eigenvalue weighted by Crippen LogP contribution is -2.19. The average Bonchev–Trinajstić information content (AvgIpc) is 2.94. The molecule has 1 heterocycles. The second-order valence-corrected chi connectivity index (χ2v) is 5.26. The first-order valence-corrected chi connectivity index (χ1v) is 7.35. The molecule has 21 heavy (non-hydrogen) atoms. The maximum atomic E-state index is 11.9. The van der Waals surface area contributed by atoms with E-state index in [0.29, 0.717) is 16.6 Å². The Morgan fingerprint density at radius 1 is 1.38 bits per heavy atom. The van der Waals surface area contributed by atoms with Crippen LogP contribution in [-0.4, -0.2) is 25.2 Å². The van der Waals surface area contributed by atoms with Crippen LogP contribution in [0.3, 0.4) is 0 Å². The van der Waals surface area contributed by atoms with Gasteiger partial charge in [0.15, 0.2) is 5.13 Å². The molecule has 112 valence electrons. The van der Waals surface area contributed by atoms with Gasteiger partial charge in [0, 0.05) is 23.2 Å². The van der Waals surface area contributed by atoms with Gasteiger partial charge in [-0.25, -0.2) is 9.78 Å². The molecular weight excluding hydrogens is 288 g/mol. The normalized spacial score (nSPS) is 11.8. The van der Waals surface area contributed by atoms with Crippen LogP contribution in [0.1, 0.15) is 18.7 Å². The highest BCUT2D eigenvalue weighted by atomic mass is 32.1. The van der Waals surface area contributed by atoms with E-state index in [1.165, 1.54) is 11.3 Å². The number of nitrogens with one attached hydrogen (secondary N) is 3. The third kappa shape index (κ3) is 4.17. The smallest absolute Gasteiger partial charge is 0.325 e. The highest BCUT2D eigenvalue weighted by molar-refractivity contribution is 7.13. The fourth-order valence-corrected chi connectivity index (χ4v) is 2.45. The Balaban J connectivity index is 1.96. The monoisotopic (exact) mass is 306 g/mol. The molecule has 1 atom stereocenters. The van der Waals surface area contributed by atoms with Crippen molar-refractivity contribution >= 4 is 28.2 Å². The van der Waals surface area contributed by atoms with Gasteiger partial charge >= 0.3 is 6.03 Å². The Kier molecular flexibility index (Phi) is 5.13. The first-order valence-electron chi connectivity index (χ1n) is 6.47. The number of ether oxygens (including phenoxy) is 1. The topological polar surface area (TPSA) is 75.3 Å². The van der Waals surface area contributed by atoms with Crippen LogP contribution in [0.2, 0.25) is 0 Å². The third-order valence-corrected chi connectivity index (χ3v) is 3.72. The van der Waals surface area contributed by atoms with Crippen molar-refractivity contribution in [2.75, 3.05) is 24.8 Å². The van der Waals surface area contributed by atoms with Crippen molar-refractivity contribution in [3.05, 3.63) is 35.3 Å². The molecule has 3 N–H and O–H groups in total. The minimum absolute atomic E-state index is 0.151. The lowest BCUT2D eigenvalue weighted by molar-refractivity contribution is 0.262. The van der Waals surface area contributed by atoms with E-state index in [1.807, 2.05) is 31.5 Å². The van der Waals surface area contributed by atoms with Crippen LogP contribution in [0.5, 0.6) is 5.75 Å². The number of aromatic nitrogens is 1. The Morgan fingerprint density at radius 3 is 2.90 bits per heavy atom. The number of methoxy groups -OCH3 is 1. The van der Waals surface area contributed by atoms with Gasteiger partial charge in [-0.05, 0) is 26.1 Å². The summed E-state index contributed by atoms with van der Waals surface area (Å²) in [6.45, 7) is 2.01. The summed E-state index contributed by atoms with van der Waals surface area (Å²) < 4.78 is 5.11. The van der Waals surface area contributed by atoms with E-state index in [2.05, 4.69) is 20.9 Å². The number of hydrogen-bond donors (Lipinski definition) is 3. The molecule has 0 saturated heterocycles. The van der Waals surface area contributed by atoms with Crippen molar-refractivity contribution in [1.29, 1.82) is 0 Å². The molecular formula is C14H18N4O2S. The van der Waals surface area contributed by atoms with Crippen LogP contribution in [0.15, 0.2) is 29.6 Å². The molecule has 0 spiro atoms. The van der Waals surface area contributed by atoms with Crippen molar-refractivity contribution in [3.8, 4) is 5.75 Å². The predicted molar refractivity (Wildman–Crippen MR) is 85.2 cm³/mol. The summed E-state index contributed by atoms with van der Waals surface area (Å²) >= 11 is 1.39. The predicted octanol–water partition coefficient (Wildman–Crippen LogP) is 3.08. The van der Waals surface area contributed by atoms with Gasteiger partial charge in [-0.15, -0.1) is 11.3 Å². The second kappa shape index (κ2) is 7.05. The quantitative estimate of drug-likeness (QED) is 0.793. The van der Waals surface area contributed by atoms with Gasteiger partial charge in [-0.1, -0.05) is 6.07 Å². The fourth-order valence-electron chi connectivity index (χ4n) is 1.65. The van der Waals surface area contributed by atoms with Gasteiger partial charge < -0.3 is 15.4 Å². The Morgan fingerprint density at radius 2 is 2.19 bits per heavy atom. The van der Waals surface area contributed by atoms with Crippen molar-refractivity contribution in [1.82, 2.24) is 10.3 Å². The summed E-state index contributed by atoms with van der Waals surface area (Å²) in [6.07, 6.45) is 0. The van der Waals surface area contributed by atoms with E-state index in [-0.39, 0.29) is 12.1 Å². The summed E-state index contributed by atoms with van der Waals surface area (Å²) in [6, 6.07) is 6.98. The van der Waals surface area contributed by atoms with E-state index >= 15 is 0 Å². The second-order valence-electron chi connectivity index (χ2n) is 4.40. The first-order chi connectivity index (χ1) is 10.1. The summed E-state index contributed by atoms with van der Waals surface area (Å²) in [4.78, 5) is 16.3. The van der Waals surface area contributed by atoms with Crippen molar-refractivity contribution in [2.45, 2.75) is 13.0 Å². The molecule has 0 aliphatic heterocycles. The number of hydrogen-bond acceptors (Lipinski definition) is 5. The van der Waals surface area contributed by atoms with Crippen LogP contribution >= 0.6 is 11.3 Å². The zero-order valence-electron chi connectivity index (χ0n) is 12.1. The summed E-state index contributed by atoms with van der Waals surface area (Å²) in [5.41, 5.74) is 1.56. The Bertz CT molecular complexity index is 615. The van der Waals surface area contributed by atoms with Crippen molar-refractivity contribution in [2.24, 2.45) is 0 Å². The highest BCUT2D eigenvalue weighted by Crippen LogP contribution is 2.21. The van der Waals surface area contributed by atoms with Crippen LogP contribution in [0.4, 0.5) is 15.6 Å². The lowest BCUT2D eigenvalue weighted by Gasteiger charge is -2.07. The maximum Gasteiger partial charge on any atom is 0.325 e. The van der Waals surface area contributed by atoms with Gasteiger partial charge in [0.25, 0.3) is 0 Å². The average molecular weight is 306 g/mol. The number of carbonyl (C=O) groups excluding carboxylic acids is 1. The van der Waals surface area contributed by atoms with Gasteiger partial charge in [-0.3, -0.25) is 5.32 Å². The molecule has 1 aromatic carbocycles. The van der Waals surface area contributed by atoms with E-state index in [1.54, 1.807) is 19.2 Å². The van der Waals surface area contributed by atoms with Gasteiger partial charge in [-0.2, -0.15) is 0 Å². The summed E-state index contributed by atoms with van der Waals surface area (Å²) in [5, 5.41) is 11.0. The van der Waals surface area contributed by atoms with Gasteiger partial charge in [0.05, 0.1) is 12.8 Å². The standard InChI is InChI=1S/C14H18N4O2S/c1-9(15-2)12-8-21-14(17-12)18-13(19)16-10-5-4-6-11(7-10)20-3/h4-9,15H,1-3H3,(H2,16,17,18,19). The molecule has 0 aliphatic rings. The van der Waals surface area contributed by atoms with Crippen LogP contribution in [0.25, 0.3) is 0 Å². The molecule has 6 nitrogen and oxygen atoms in total. The molecule has 0 radical (unpaired) electrons. The molecule has 7 heteroatoms. The maximum absolute atomic E-state index is 11.9. The minimum Gasteiger partial charge on any atom is -0.497 e. The zero-order valence-corrected chi connectivity index (χ0v) is 13.0. The zero-order chi connectivity index (χ0) is 15.2. The van der Waals surface area contributed by atoms with Crippen LogP contribution in [-0.2, 0) is 0 Å². The van der Waals surface area contributed by atoms with E-state index in [4.69, 9.17) is 4.74 Å². The number of rotatable bonds is 5. The highest BCUT2D eigenvalue weighted by Gasteiger charge is 2.10. The van der Waals surface area contributed by atoms with Gasteiger partial charge in [0.1, 0.15) is 5.75 Å². The third-order valence-electron chi connectivity index (χ3n) is 2.95. The van der Waals surface area contributed by atoms with E-state index in [0.717, 1.165) is 5.69 Å². The number of urea groups is 1. The van der Waals surface area contributed by atoms with Crippen LogP contribution < -0.4 is 20.7 Å². The molecule has 2 aromatic rings. The number of nitrogens with zero attached hydrogens (tertiary/aromatic N) is 1. The molecule has 1 unspecified atom stereocenters. The molecule has 0 bridgehead atoms. The number of anilines is 2. The van der Waals surface area contributed by atoms with Crippen LogP contribution in [0, 0.1) is 0 Å². The summed E-state index contributed by atoms with van der Waals surface area (Å²) in [5.74, 6) is 0.687. The Labute approximate surface area is 127 Å². The number of carbonyl (C=O) groups is 1. The van der Waals surface area contributed by atoms with E-state index in [9.17, 15) is 4.79 Å². The molecule has 1 aromatic heterocycles. The minimum atomic E-state index is -0.332. The number of benzene rings is 1. The molecule has 0 fully saturated rings. The number of amides is 2. The Hall–Kier alpha value is -2.12. The molecule has 2 amide bonds.